The lowest BCUT2D eigenvalue weighted by Crippen LogP contribution is -2.03. The van der Waals surface area contributed by atoms with Gasteiger partial charge in [0.15, 0.2) is 0 Å². The Labute approximate surface area is 132 Å². The highest BCUT2D eigenvalue weighted by molar-refractivity contribution is 7.60. The molecule has 0 radical (unpaired) electrons. The Morgan fingerprint density at radius 2 is 1.65 bits per heavy atom. The Kier molecular flexibility index (Phi) is 4.87. The van der Waals surface area contributed by atoms with Gasteiger partial charge in [0.2, 0.25) is 0 Å². The van der Waals surface area contributed by atoms with E-state index in [4.69, 9.17) is 39.3 Å². The Morgan fingerprint density at radius 1 is 1.00 bits per heavy atom. The van der Waals surface area contributed by atoms with E-state index in [1.165, 1.54) is 6.66 Å². The summed E-state index contributed by atoms with van der Waals surface area (Å²) in [5.41, 5.74) is 0.526. The molecular formula is C13H11Cl3NO2P. The maximum atomic E-state index is 12.5. The zero-order valence-corrected chi connectivity index (χ0v) is 13.6. The SMILES string of the molecule is C[P@@](=O)(Nc1ccccc1Cl)Oc1cccc(Cl)c1Cl. The number of para-hydroxylation sites is 1. The maximum Gasteiger partial charge on any atom is 0.338 e. The number of hydrogen-bond donors (Lipinski definition) is 1. The Morgan fingerprint density at radius 3 is 2.35 bits per heavy atom. The van der Waals surface area contributed by atoms with Crippen LogP contribution in [0.25, 0.3) is 0 Å². The van der Waals surface area contributed by atoms with Crippen LogP contribution in [0.2, 0.25) is 15.1 Å². The van der Waals surface area contributed by atoms with Crippen LogP contribution in [-0.4, -0.2) is 6.66 Å². The fourth-order valence-electron chi connectivity index (χ4n) is 1.54. The molecule has 20 heavy (non-hydrogen) atoms. The predicted molar refractivity (Wildman–Crippen MR) is 85.7 cm³/mol. The summed E-state index contributed by atoms with van der Waals surface area (Å²) in [6.07, 6.45) is 0. The van der Waals surface area contributed by atoms with Crippen LogP contribution < -0.4 is 9.61 Å². The minimum absolute atomic E-state index is 0.220. The first-order valence-electron chi connectivity index (χ1n) is 5.63. The van der Waals surface area contributed by atoms with Gasteiger partial charge in [0, 0.05) is 6.66 Å². The Bertz CT molecular complexity index is 678. The van der Waals surface area contributed by atoms with E-state index in [9.17, 15) is 4.57 Å². The van der Waals surface area contributed by atoms with E-state index in [2.05, 4.69) is 5.09 Å². The van der Waals surface area contributed by atoms with Crippen LogP contribution in [-0.2, 0) is 4.57 Å². The first kappa shape index (κ1) is 15.5. The number of rotatable bonds is 4. The van der Waals surface area contributed by atoms with Crippen molar-refractivity contribution in [1.82, 2.24) is 0 Å². The lowest BCUT2D eigenvalue weighted by Gasteiger charge is -2.19. The van der Waals surface area contributed by atoms with Crippen molar-refractivity contribution in [3.63, 3.8) is 0 Å². The molecule has 1 atom stereocenters. The Hall–Kier alpha value is -0.860. The Balaban J connectivity index is 2.22. The second-order valence-electron chi connectivity index (χ2n) is 4.08. The lowest BCUT2D eigenvalue weighted by atomic mass is 10.3. The molecule has 1 N–H and O–H groups in total. The third-order valence-electron chi connectivity index (χ3n) is 2.39. The van der Waals surface area contributed by atoms with Gasteiger partial charge >= 0.3 is 7.52 Å². The topological polar surface area (TPSA) is 38.3 Å². The van der Waals surface area contributed by atoms with Crippen molar-refractivity contribution in [3.05, 3.63) is 57.5 Å². The molecule has 7 heteroatoms. The monoisotopic (exact) mass is 349 g/mol. The minimum atomic E-state index is -3.19. The fourth-order valence-corrected chi connectivity index (χ4v) is 3.37. The first-order valence-corrected chi connectivity index (χ1v) is 8.83. The minimum Gasteiger partial charge on any atom is -0.427 e. The molecule has 0 bridgehead atoms. The molecule has 0 aliphatic heterocycles. The van der Waals surface area contributed by atoms with Crippen LogP contribution in [0.3, 0.4) is 0 Å². The summed E-state index contributed by atoms with van der Waals surface area (Å²) in [6, 6.07) is 11.8. The lowest BCUT2D eigenvalue weighted by molar-refractivity contribution is 0.493. The summed E-state index contributed by atoms with van der Waals surface area (Å²) < 4.78 is 17.9. The number of hydrogen-bond acceptors (Lipinski definition) is 2. The van der Waals surface area contributed by atoms with E-state index in [1.807, 2.05) is 0 Å². The number of nitrogens with one attached hydrogen (secondary N) is 1. The number of halogens is 3. The van der Waals surface area contributed by atoms with E-state index in [0.29, 0.717) is 15.7 Å². The van der Waals surface area contributed by atoms with Gasteiger partial charge in [-0.05, 0) is 24.3 Å². The molecule has 2 aromatic carbocycles. The van der Waals surface area contributed by atoms with Gasteiger partial charge in [0.25, 0.3) is 0 Å². The van der Waals surface area contributed by atoms with E-state index in [0.717, 1.165) is 0 Å². The largest absolute Gasteiger partial charge is 0.427 e. The molecule has 0 saturated carbocycles. The van der Waals surface area contributed by atoms with Gasteiger partial charge in [-0.15, -0.1) is 0 Å². The summed E-state index contributed by atoms with van der Waals surface area (Å²) in [5, 5.41) is 3.79. The summed E-state index contributed by atoms with van der Waals surface area (Å²) in [5.74, 6) is 0.254. The fraction of sp³-hybridized carbons (Fsp3) is 0.0769. The zero-order valence-electron chi connectivity index (χ0n) is 10.4. The first-order chi connectivity index (χ1) is 9.39. The van der Waals surface area contributed by atoms with E-state index < -0.39 is 7.52 Å². The van der Waals surface area contributed by atoms with Crippen molar-refractivity contribution >= 4 is 48.0 Å². The predicted octanol–water partition coefficient (Wildman–Crippen LogP) is 5.96. The summed E-state index contributed by atoms with van der Waals surface area (Å²) in [7, 11) is -3.19. The van der Waals surface area contributed by atoms with Crippen LogP contribution in [0, 0.1) is 0 Å². The molecule has 0 spiro atoms. The molecule has 0 unspecified atom stereocenters. The molecule has 2 aromatic rings. The third kappa shape index (κ3) is 3.83. The molecule has 0 saturated heterocycles. The van der Waals surface area contributed by atoms with Crippen LogP contribution in [0.4, 0.5) is 5.69 Å². The van der Waals surface area contributed by atoms with Crippen LogP contribution in [0.1, 0.15) is 0 Å². The highest BCUT2D eigenvalue weighted by atomic mass is 35.5. The zero-order chi connectivity index (χ0) is 14.8. The third-order valence-corrected chi connectivity index (χ3v) is 4.71. The van der Waals surface area contributed by atoms with Gasteiger partial charge in [-0.2, -0.15) is 0 Å². The summed E-state index contributed by atoms with van der Waals surface area (Å²) in [4.78, 5) is 0. The van der Waals surface area contributed by atoms with Gasteiger partial charge in [-0.25, -0.2) is 0 Å². The molecule has 2 rings (SSSR count). The molecule has 0 fully saturated rings. The molecule has 3 nitrogen and oxygen atoms in total. The quantitative estimate of drug-likeness (QED) is 0.691. The van der Waals surface area contributed by atoms with Crippen LogP contribution in [0.5, 0.6) is 5.75 Å². The molecular weight excluding hydrogens is 339 g/mol. The second kappa shape index (κ2) is 6.28. The summed E-state index contributed by atoms with van der Waals surface area (Å²) in [6.45, 7) is 1.44. The highest BCUT2D eigenvalue weighted by Gasteiger charge is 2.20. The average Bonchev–Trinajstić information content (AvgIpc) is 2.37. The van der Waals surface area contributed by atoms with Gasteiger partial charge in [-0.1, -0.05) is 53.0 Å². The van der Waals surface area contributed by atoms with Crippen molar-refractivity contribution in [2.45, 2.75) is 0 Å². The van der Waals surface area contributed by atoms with Crippen LogP contribution >= 0.6 is 42.3 Å². The van der Waals surface area contributed by atoms with Crippen molar-refractivity contribution in [2.24, 2.45) is 0 Å². The highest BCUT2D eigenvalue weighted by Crippen LogP contribution is 2.47. The standard InChI is InChI=1S/C13H11Cl3NO2P/c1-20(18,17-11-7-3-2-5-9(11)14)19-12-8-4-6-10(15)13(12)16/h2-8H,1H3,(H,17,18)/t20-/m0/s1. The molecule has 0 heterocycles. The summed E-state index contributed by atoms with van der Waals surface area (Å²) >= 11 is 17.9. The van der Waals surface area contributed by atoms with Crippen LogP contribution in [0.15, 0.2) is 42.5 Å². The number of anilines is 1. The van der Waals surface area contributed by atoms with Gasteiger partial charge < -0.3 is 9.61 Å². The smallest absolute Gasteiger partial charge is 0.338 e. The van der Waals surface area contributed by atoms with E-state index >= 15 is 0 Å². The molecule has 106 valence electrons. The number of benzene rings is 2. The van der Waals surface area contributed by atoms with Gasteiger partial charge in [0.1, 0.15) is 10.8 Å². The molecule has 0 aliphatic carbocycles. The van der Waals surface area contributed by atoms with Gasteiger partial charge in [-0.3, -0.25) is 4.57 Å². The van der Waals surface area contributed by atoms with Crippen molar-refractivity contribution in [2.75, 3.05) is 11.8 Å². The van der Waals surface area contributed by atoms with Gasteiger partial charge in [0.05, 0.1) is 15.7 Å². The van der Waals surface area contributed by atoms with Crippen molar-refractivity contribution in [3.8, 4) is 5.75 Å². The normalized spacial score (nSPS) is 13.6. The van der Waals surface area contributed by atoms with E-state index in [-0.39, 0.29) is 10.8 Å². The van der Waals surface area contributed by atoms with E-state index in [1.54, 1.807) is 42.5 Å². The average molecular weight is 351 g/mol. The van der Waals surface area contributed by atoms with Crippen molar-refractivity contribution in [1.29, 1.82) is 0 Å². The van der Waals surface area contributed by atoms with Crippen molar-refractivity contribution < 1.29 is 9.09 Å². The molecule has 0 aromatic heterocycles. The molecule has 0 amide bonds. The second-order valence-corrected chi connectivity index (χ2v) is 7.37. The molecule has 0 aliphatic rings. The maximum absolute atomic E-state index is 12.5.